The first-order chi connectivity index (χ1) is 10.5. The van der Waals surface area contributed by atoms with Gasteiger partial charge in [0.05, 0.1) is 12.0 Å². The maximum absolute atomic E-state index is 12.2. The van der Waals surface area contributed by atoms with Crippen LogP contribution in [0.1, 0.15) is 24.8 Å². The minimum Gasteiger partial charge on any atom is -0.481 e. The summed E-state index contributed by atoms with van der Waals surface area (Å²) in [6.45, 7) is 3.45. The SMILES string of the molecule is Cc1cccc(NC(=O)CN2C[C@@H]3CCC[C@@]3(C(=O)O)C2)c1.Cl. The number of rotatable bonds is 4. The van der Waals surface area contributed by atoms with Crippen LogP contribution in [0.3, 0.4) is 0 Å². The molecule has 126 valence electrons. The lowest BCUT2D eigenvalue weighted by Gasteiger charge is -2.23. The molecule has 1 aliphatic carbocycles. The number of nitrogens with one attached hydrogen (secondary N) is 1. The van der Waals surface area contributed by atoms with Crippen LogP contribution in [-0.4, -0.2) is 41.5 Å². The van der Waals surface area contributed by atoms with Crippen molar-refractivity contribution in [2.24, 2.45) is 11.3 Å². The zero-order valence-electron chi connectivity index (χ0n) is 13.2. The van der Waals surface area contributed by atoms with Gasteiger partial charge in [-0.05, 0) is 43.4 Å². The third-order valence-corrected chi connectivity index (χ3v) is 5.04. The number of aliphatic carboxylic acids is 1. The van der Waals surface area contributed by atoms with Crippen molar-refractivity contribution < 1.29 is 14.7 Å². The summed E-state index contributed by atoms with van der Waals surface area (Å²) in [5, 5.41) is 12.5. The van der Waals surface area contributed by atoms with Crippen LogP contribution in [0.5, 0.6) is 0 Å². The van der Waals surface area contributed by atoms with Crippen molar-refractivity contribution in [1.82, 2.24) is 4.90 Å². The molecule has 2 N–H and O–H groups in total. The Kier molecular flexibility index (Phi) is 5.32. The quantitative estimate of drug-likeness (QED) is 0.885. The number of halogens is 1. The highest BCUT2D eigenvalue weighted by Gasteiger charge is 2.54. The molecule has 0 unspecified atom stereocenters. The van der Waals surface area contributed by atoms with Crippen LogP contribution in [-0.2, 0) is 9.59 Å². The molecule has 1 aliphatic heterocycles. The number of hydrogen-bond acceptors (Lipinski definition) is 3. The lowest BCUT2D eigenvalue weighted by atomic mass is 9.81. The Morgan fingerprint density at radius 1 is 1.43 bits per heavy atom. The van der Waals surface area contributed by atoms with Gasteiger partial charge >= 0.3 is 5.97 Å². The van der Waals surface area contributed by atoms with Gasteiger partial charge in [-0.1, -0.05) is 18.6 Å². The molecule has 6 heteroatoms. The van der Waals surface area contributed by atoms with Crippen LogP contribution in [0.4, 0.5) is 5.69 Å². The Hall–Kier alpha value is -1.59. The zero-order chi connectivity index (χ0) is 15.7. The van der Waals surface area contributed by atoms with Crippen molar-refractivity contribution in [3.05, 3.63) is 29.8 Å². The van der Waals surface area contributed by atoms with E-state index in [1.807, 2.05) is 36.1 Å². The molecule has 2 atom stereocenters. The molecule has 0 radical (unpaired) electrons. The summed E-state index contributed by atoms with van der Waals surface area (Å²) in [7, 11) is 0. The molecule has 1 heterocycles. The summed E-state index contributed by atoms with van der Waals surface area (Å²) in [5.74, 6) is -0.584. The number of carboxylic acid groups (broad SMARTS) is 1. The lowest BCUT2D eigenvalue weighted by molar-refractivity contribution is -0.149. The normalized spacial score (nSPS) is 26.4. The summed E-state index contributed by atoms with van der Waals surface area (Å²) in [4.78, 5) is 25.8. The monoisotopic (exact) mass is 338 g/mol. The van der Waals surface area contributed by atoms with Crippen LogP contribution >= 0.6 is 12.4 Å². The number of carbonyl (C=O) groups excluding carboxylic acids is 1. The number of amides is 1. The molecule has 2 aliphatic rings. The van der Waals surface area contributed by atoms with Crippen molar-refractivity contribution in [2.45, 2.75) is 26.2 Å². The fourth-order valence-electron chi connectivity index (χ4n) is 3.99. The number of fused-ring (bicyclic) bond motifs is 1. The molecule has 1 saturated heterocycles. The van der Waals surface area contributed by atoms with Gasteiger partial charge in [-0.25, -0.2) is 0 Å². The van der Waals surface area contributed by atoms with Crippen molar-refractivity contribution >= 4 is 30.0 Å². The van der Waals surface area contributed by atoms with Gasteiger partial charge in [-0.2, -0.15) is 0 Å². The average Bonchev–Trinajstić information content (AvgIpc) is 2.95. The van der Waals surface area contributed by atoms with Crippen molar-refractivity contribution in [3.8, 4) is 0 Å². The van der Waals surface area contributed by atoms with Crippen molar-refractivity contribution in [3.63, 3.8) is 0 Å². The largest absolute Gasteiger partial charge is 0.481 e. The molecule has 0 aromatic heterocycles. The highest BCUT2D eigenvalue weighted by atomic mass is 35.5. The van der Waals surface area contributed by atoms with Crippen molar-refractivity contribution in [1.29, 1.82) is 0 Å². The summed E-state index contributed by atoms with van der Waals surface area (Å²) < 4.78 is 0. The summed E-state index contributed by atoms with van der Waals surface area (Å²) >= 11 is 0. The Morgan fingerprint density at radius 3 is 2.87 bits per heavy atom. The van der Waals surface area contributed by atoms with E-state index in [9.17, 15) is 14.7 Å². The van der Waals surface area contributed by atoms with Gasteiger partial charge in [-0.15, -0.1) is 12.4 Å². The highest BCUT2D eigenvalue weighted by Crippen LogP contribution is 2.48. The smallest absolute Gasteiger partial charge is 0.311 e. The third kappa shape index (κ3) is 3.51. The molecule has 0 spiro atoms. The van der Waals surface area contributed by atoms with E-state index >= 15 is 0 Å². The summed E-state index contributed by atoms with van der Waals surface area (Å²) in [6, 6.07) is 7.68. The van der Waals surface area contributed by atoms with Crippen LogP contribution in [0.15, 0.2) is 24.3 Å². The molecule has 0 bridgehead atoms. The summed E-state index contributed by atoms with van der Waals surface area (Å²) in [5.41, 5.74) is 1.26. The topological polar surface area (TPSA) is 69.6 Å². The Bertz CT molecular complexity index is 607. The second kappa shape index (κ2) is 6.89. The number of nitrogens with zero attached hydrogens (tertiary/aromatic N) is 1. The molecule has 3 rings (SSSR count). The highest BCUT2D eigenvalue weighted by molar-refractivity contribution is 5.92. The van der Waals surface area contributed by atoms with E-state index in [2.05, 4.69) is 5.32 Å². The number of carboxylic acids is 1. The molecule has 2 fully saturated rings. The van der Waals surface area contributed by atoms with E-state index in [4.69, 9.17) is 0 Å². The number of carbonyl (C=O) groups is 2. The standard InChI is InChI=1S/C17H22N2O3.ClH/c1-12-4-2-6-14(8-12)18-15(20)10-19-9-13-5-3-7-17(13,11-19)16(21)22;/h2,4,6,8,13H,3,5,7,9-11H2,1H3,(H,18,20)(H,21,22);1H/t13-,17+;/m0./s1. The molecule has 5 nitrogen and oxygen atoms in total. The van der Waals surface area contributed by atoms with E-state index in [1.54, 1.807) is 0 Å². The molecular formula is C17H23ClN2O3. The average molecular weight is 339 g/mol. The number of hydrogen-bond donors (Lipinski definition) is 2. The zero-order valence-corrected chi connectivity index (χ0v) is 14.1. The summed E-state index contributed by atoms with van der Waals surface area (Å²) in [6.07, 6.45) is 2.69. The van der Waals surface area contributed by atoms with E-state index in [-0.39, 0.29) is 30.8 Å². The molecule has 1 aromatic rings. The van der Waals surface area contributed by atoms with Gasteiger partial charge in [0.25, 0.3) is 0 Å². The predicted octanol–water partition coefficient (Wildman–Crippen LogP) is 2.54. The number of likely N-dealkylation sites (tertiary alicyclic amines) is 1. The second-order valence-electron chi connectivity index (χ2n) is 6.64. The van der Waals surface area contributed by atoms with E-state index < -0.39 is 11.4 Å². The Labute approximate surface area is 142 Å². The number of anilines is 1. The molecule has 1 aromatic carbocycles. The second-order valence-corrected chi connectivity index (χ2v) is 6.64. The van der Waals surface area contributed by atoms with E-state index in [0.29, 0.717) is 13.1 Å². The van der Waals surface area contributed by atoms with Gasteiger partial charge in [0.2, 0.25) is 5.91 Å². The van der Waals surface area contributed by atoms with E-state index in [1.165, 1.54) is 0 Å². The maximum atomic E-state index is 12.2. The Morgan fingerprint density at radius 2 is 2.22 bits per heavy atom. The van der Waals surface area contributed by atoms with Crippen LogP contribution in [0.2, 0.25) is 0 Å². The lowest BCUT2D eigenvalue weighted by Crippen LogP contribution is -2.37. The Balaban J connectivity index is 0.00000192. The molecule has 1 saturated carbocycles. The fourth-order valence-corrected chi connectivity index (χ4v) is 3.99. The van der Waals surface area contributed by atoms with Crippen LogP contribution in [0.25, 0.3) is 0 Å². The molecular weight excluding hydrogens is 316 g/mol. The first-order valence-corrected chi connectivity index (χ1v) is 7.82. The van der Waals surface area contributed by atoms with Gasteiger partial charge in [0.15, 0.2) is 0 Å². The van der Waals surface area contributed by atoms with Crippen LogP contribution in [0, 0.1) is 18.3 Å². The van der Waals surface area contributed by atoms with Gasteiger partial charge in [-0.3, -0.25) is 14.5 Å². The predicted molar refractivity (Wildman–Crippen MR) is 90.9 cm³/mol. The number of aryl methyl sites for hydroxylation is 1. The molecule has 23 heavy (non-hydrogen) atoms. The minimum absolute atomic E-state index is 0. The first-order valence-electron chi connectivity index (χ1n) is 7.82. The van der Waals surface area contributed by atoms with Gasteiger partial charge in [0, 0.05) is 18.8 Å². The van der Waals surface area contributed by atoms with Gasteiger partial charge < -0.3 is 10.4 Å². The fraction of sp³-hybridized carbons (Fsp3) is 0.529. The van der Waals surface area contributed by atoms with Gasteiger partial charge in [0.1, 0.15) is 0 Å². The molecule has 1 amide bonds. The minimum atomic E-state index is -0.698. The number of benzene rings is 1. The third-order valence-electron chi connectivity index (χ3n) is 5.04. The maximum Gasteiger partial charge on any atom is 0.311 e. The van der Waals surface area contributed by atoms with Crippen LogP contribution < -0.4 is 5.32 Å². The van der Waals surface area contributed by atoms with E-state index in [0.717, 1.165) is 30.5 Å². The first kappa shape index (κ1) is 17.8. The van der Waals surface area contributed by atoms with Crippen molar-refractivity contribution in [2.75, 3.05) is 25.0 Å².